The Kier molecular flexibility index (Phi) is 4.71. The zero-order valence-corrected chi connectivity index (χ0v) is 15.1. The third-order valence-electron chi connectivity index (χ3n) is 4.81. The summed E-state index contributed by atoms with van der Waals surface area (Å²) in [4.78, 5) is 19.0. The highest BCUT2D eigenvalue weighted by molar-refractivity contribution is 5.94. The molecule has 0 unspecified atom stereocenters. The number of hydrogen-bond acceptors (Lipinski definition) is 4. The Morgan fingerprint density at radius 2 is 2.15 bits per heavy atom. The lowest BCUT2D eigenvalue weighted by Gasteiger charge is -2.26. The number of aryl methyl sites for hydroxylation is 1. The van der Waals surface area contributed by atoms with Crippen LogP contribution in [-0.4, -0.2) is 27.5 Å². The average molecular weight is 365 g/mol. The molecule has 5 nitrogen and oxygen atoms in total. The molecule has 0 aliphatic carbocycles. The van der Waals surface area contributed by atoms with E-state index in [-0.39, 0.29) is 11.7 Å². The van der Waals surface area contributed by atoms with Gasteiger partial charge in [-0.25, -0.2) is 4.39 Å². The molecule has 0 atom stereocenters. The van der Waals surface area contributed by atoms with Gasteiger partial charge in [-0.3, -0.25) is 9.78 Å². The summed E-state index contributed by atoms with van der Waals surface area (Å²) in [5, 5.41) is 4.07. The number of nitrogens with zero attached hydrogens (tertiary/aromatic N) is 3. The van der Waals surface area contributed by atoms with Crippen molar-refractivity contribution in [2.24, 2.45) is 0 Å². The molecular weight excluding hydrogens is 345 g/mol. The number of halogens is 1. The lowest BCUT2D eigenvalue weighted by atomic mass is 10.0. The van der Waals surface area contributed by atoms with Crippen molar-refractivity contribution in [2.45, 2.75) is 32.7 Å². The zero-order chi connectivity index (χ0) is 18.8. The summed E-state index contributed by atoms with van der Waals surface area (Å²) in [6.45, 7) is 2.98. The van der Waals surface area contributed by atoms with Gasteiger partial charge in [0.1, 0.15) is 17.3 Å². The molecule has 1 aliphatic rings. The molecule has 2 aromatic heterocycles. The van der Waals surface area contributed by atoms with E-state index in [2.05, 4.69) is 17.1 Å². The second-order valence-electron chi connectivity index (χ2n) is 6.68. The summed E-state index contributed by atoms with van der Waals surface area (Å²) in [7, 11) is 0. The van der Waals surface area contributed by atoms with Crippen molar-refractivity contribution in [1.29, 1.82) is 0 Å². The van der Waals surface area contributed by atoms with Crippen LogP contribution < -0.4 is 0 Å². The number of aromatic nitrogens is 2. The largest absolute Gasteiger partial charge is 0.360 e. The Balaban J connectivity index is 1.62. The SMILES string of the molecule is CCCc1cc(C(=O)N2CCc3onc(-c4ccccc4F)c3C2)ccn1. The number of carbonyl (C=O) groups is 1. The van der Waals surface area contributed by atoms with Gasteiger partial charge in [-0.1, -0.05) is 30.6 Å². The molecule has 27 heavy (non-hydrogen) atoms. The highest BCUT2D eigenvalue weighted by Crippen LogP contribution is 2.31. The maximum Gasteiger partial charge on any atom is 0.254 e. The molecule has 1 aromatic carbocycles. The summed E-state index contributed by atoms with van der Waals surface area (Å²) < 4.78 is 19.6. The fourth-order valence-electron chi connectivity index (χ4n) is 3.43. The van der Waals surface area contributed by atoms with Gasteiger partial charge in [-0.15, -0.1) is 0 Å². The van der Waals surface area contributed by atoms with Gasteiger partial charge >= 0.3 is 0 Å². The van der Waals surface area contributed by atoms with Crippen molar-refractivity contribution >= 4 is 5.91 Å². The molecule has 0 spiro atoms. The molecule has 4 rings (SSSR count). The normalized spacial score (nSPS) is 13.5. The summed E-state index contributed by atoms with van der Waals surface area (Å²) >= 11 is 0. The fourth-order valence-corrected chi connectivity index (χ4v) is 3.43. The molecule has 6 heteroatoms. The number of fused-ring (bicyclic) bond motifs is 1. The average Bonchev–Trinajstić information content (AvgIpc) is 3.11. The number of hydrogen-bond donors (Lipinski definition) is 0. The zero-order valence-electron chi connectivity index (χ0n) is 15.1. The van der Waals surface area contributed by atoms with E-state index in [0.29, 0.717) is 36.3 Å². The molecular formula is C21H20FN3O2. The topological polar surface area (TPSA) is 59.2 Å². The van der Waals surface area contributed by atoms with Crippen molar-refractivity contribution in [3.8, 4) is 11.3 Å². The minimum absolute atomic E-state index is 0.0545. The number of rotatable bonds is 4. The van der Waals surface area contributed by atoms with Gasteiger partial charge < -0.3 is 9.42 Å². The van der Waals surface area contributed by atoms with Gasteiger partial charge in [-0.05, 0) is 30.7 Å². The molecule has 0 radical (unpaired) electrons. The molecule has 1 amide bonds. The molecule has 3 heterocycles. The summed E-state index contributed by atoms with van der Waals surface area (Å²) in [6.07, 6.45) is 4.06. The third kappa shape index (κ3) is 3.35. The van der Waals surface area contributed by atoms with Gasteiger partial charge in [0.25, 0.3) is 5.91 Å². The molecule has 1 aliphatic heterocycles. The smallest absolute Gasteiger partial charge is 0.254 e. The van der Waals surface area contributed by atoms with E-state index >= 15 is 0 Å². The van der Waals surface area contributed by atoms with Crippen molar-refractivity contribution in [3.63, 3.8) is 0 Å². The van der Waals surface area contributed by atoms with Crippen molar-refractivity contribution in [1.82, 2.24) is 15.0 Å². The van der Waals surface area contributed by atoms with Crippen LogP contribution in [0.15, 0.2) is 47.1 Å². The quantitative estimate of drug-likeness (QED) is 0.700. The van der Waals surface area contributed by atoms with Crippen LogP contribution in [-0.2, 0) is 19.4 Å². The molecule has 0 saturated heterocycles. The van der Waals surface area contributed by atoms with E-state index in [4.69, 9.17) is 4.52 Å². The van der Waals surface area contributed by atoms with Crippen LogP contribution in [0.1, 0.15) is 40.7 Å². The number of pyridine rings is 1. The van der Waals surface area contributed by atoms with Crippen LogP contribution in [0.25, 0.3) is 11.3 Å². The summed E-state index contributed by atoms with van der Waals surface area (Å²) in [6, 6.07) is 10.1. The monoisotopic (exact) mass is 365 g/mol. The Hall–Kier alpha value is -3.02. The number of carbonyl (C=O) groups excluding carboxylic acids is 1. The Labute approximate surface area is 156 Å². The van der Waals surface area contributed by atoms with Gasteiger partial charge in [-0.2, -0.15) is 0 Å². The minimum Gasteiger partial charge on any atom is -0.360 e. The van der Waals surface area contributed by atoms with E-state index in [9.17, 15) is 9.18 Å². The maximum atomic E-state index is 14.2. The van der Waals surface area contributed by atoms with Crippen molar-refractivity contribution in [3.05, 3.63) is 71.0 Å². The summed E-state index contributed by atoms with van der Waals surface area (Å²) in [5.74, 6) is 0.315. The highest BCUT2D eigenvalue weighted by Gasteiger charge is 2.29. The predicted molar refractivity (Wildman–Crippen MR) is 98.6 cm³/mol. The van der Waals surface area contributed by atoms with Crippen LogP contribution in [0.3, 0.4) is 0 Å². The Morgan fingerprint density at radius 1 is 1.30 bits per heavy atom. The first-order chi connectivity index (χ1) is 13.2. The van der Waals surface area contributed by atoms with Gasteiger partial charge in [0, 0.05) is 41.5 Å². The molecule has 0 bridgehead atoms. The lowest BCUT2D eigenvalue weighted by Crippen LogP contribution is -2.35. The minimum atomic E-state index is -0.351. The Morgan fingerprint density at radius 3 is 2.96 bits per heavy atom. The van der Waals surface area contributed by atoms with E-state index in [1.807, 2.05) is 6.07 Å². The Bertz CT molecular complexity index is 983. The first-order valence-corrected chi connectivity index (χ1v) is 9.14. The standard InChI is InChI=1S/C21H20FN3O2/c1-2-5-15-12-14(8-10-23-15)21(26)25-11-9-19-17(13-25)20(24-27-19)16-6-3-4-7-18(16)22/h3-4,6-8,10,12H,2,5,9,11,13H2,1H3. The highest BCUT2D eigenvalue weighted by atomic mass is 19.1. The lowest BCUT2D eigenvalue weighted by molar-refractivity contribution is 0.0729. The van der Waals surface area contributed by atoms with E-state index in [1.165, 1.54) is 6.07 Å². The van der Waals surface area contributed by atoms with Gasteiger partial charge in [0.15, 0.2) is 0 Å². The van der Waals surface area contributed by atoms with Crippen LogP contribution >= 0.6 is 0 Å². The summed E-state index contributed by atoms with van der Waals surface area (Å²) in [5.41, 5.74) is 3.19. The maximum absolute atomic E-state index is 14.2. The van der Waals surface area contributed by atoms with Crippen molar-refractivity contribution in [2.75, 3.05) is 6.54 Å². The first kappa shape index (κ1) is 17.4. The second-order valence-corrected chi connectivity index (χ2v) is 6.68. The number of benzene rings is 1. The van der Waals surface area contributed by atoms with Crippen LogP contribution in [0.4, 0.5) is 4.39 Å². The molecule has 138 valence electrons. The van der Waals surface area contributed by atoms with Crippen molar-refractivity contribution < 1.29 is 13.7 Å². The second kappa shape index (κ2) is 7.31. The molecule has 0 saturated carbocycles. The molecule has 3 aromatic rings. The van der Waals surface area contributed by atoms with Gasteiger partial charge in [0.2, 0.25) is 0 Å². The number of amides is 1. The van der Waals surface area contributed by atoms with E-state index in [1.54, 1.807) is 35.4 Å². The fraction of sp³-hybridized carbons (Fsp3) is 0.286. The molecule has 0 fully saturated rings. The van der Waals surface area contributed by atoms with E-state index < -0.39 is 0 Å². The van der Waals surface area contributed by atoms with Crippen LogP contribution in [0.2, 0.25) is 0 Å². The predicted octanol–water partition coefficient (Wildman–Crippen LogP) is 4.03. The first-order valence-electron chi connectivity index (χ1n) is 9.14. The third-order valence-corrected chi connectivity index (χ3v) is 4.81. The van der Waals surface area contributed by atoms with Gasteiger partial charge in [0.05, 0.1) is 6.54 Å². The molecule has 0 N–H and O–H groups in total. The van der Waals surface area contributed by atoms with Crippen LogP contribution in [0.5, 0.6) is 0 Å². The van der Waals surface area contributed by atoms with E-state index in [0.717, 1.165) is 29.9 Å². The van der Waals surface area contributed by atoms with Crippen LogP contribution in [0, 0.1) is 5.82 Å².